The first kappa shape index (κ1) is 23.3. The molecule has 0 aromatic carbocycles. The molecule has 2 fully saturated rings. The Morgan fingerprint density at radius 1 is 1.13 bits per heavy atom. The fourth-order valence-corrected chi connectivity index (χ4v) is 6.14. The Labute approximate surface area is 190 Å². The quantitative estimate of drug-likeness (QED) is 0.240. The molecule has 2 saturated heterocycles. The van der Waals surface area contributed by atoms with Crippen molar-refractivity contribution >= 4 is 85.1 Å². The van der Waals surface area contributed by atoms with Crippen LogP contribution in [0.2, 0.25) is 0 Å². The van der Waals surface area contributed by atoms with E-state index in [2.05, 4.69) is 0 Å². The second kappa shape index (κ2) is 9.39. The second-order valence-corrected chi connectivity index (χ2v) is 9.37. The number of carbonyl (C=O) groups is 4. The lowest BCUT2D eigenvalue weighted by Gasteiger charge is -2.12. The highest BCUT2D eigenvalue weighted by Gasteiger charge is 2.37. The molecule has 0 spiro atoms. The molecule has 166 valence electrons. The summed E-state index contributed by atoms with van der Waals surface area (Å²) in [7, 11) is 0. The van der Waals surface area contributed by atoms with Crippen LogP contribution in [0.15, 0.2) is 4.79 Å². The molecule has 0 unspecified atom stereocenters. The summed E-state index contributed by atoms with van der Waals surface area (Å²) in [5, 5.41) is 18.2. The van der Waals surface area contributed by atoms with E-state index >= 15 is 0 Å². The molecule has 0 saturated carbocycles. The zero-order chi connectivity index (χ0) is 22.9. The van der Waals surface area contributed by atoms with Crippen LogP contribution >= 0.6 is 47.1 Å². The van der Waals surface area contributed by atoms with Gasteiger partial charge in [0.15, 0.2) is 4.66 Å². The second-order valence-electron chi connectivity index (χ2n) is 5.77. The number of hydrogen-bond donors (Lipinski definition) is 2. The zero-order valence-electron chi connectivity index (χ0n) is 15.6. The van der Waals surface area contributed by atoms with E-state index in [4.69, 9.17) is 32.3 Å². The highest BCUT2D eigenvalue weighted by Crippen LogP contribution is 2.31. The molecule has 2 aliphatic heterocycles. The molecule has 16 heteroatoms. The standard InChI is InChI=1S/C15H13N3O9S4/c1-2-26-27-18-12(25)10(13-16(3-7(20)21)6(19)5-29-13)30-14(18)9-11(24)17(4-8(22)23)15(28)31-9/h2-5H2,1H3,(H,20,21)(H,22,23)/b13-10+,14-9-. The minimum atomic E-state index is -1.27. The number of hydrogen-bond acceptors (Lipinski definition) is 11. The van der Waals surface area contributed by atoms with Gasteiger partial charge in [0, 0.05) is 0 Å². The van der Waals surface area contributed by atoms with E-state index in [9.17, 15) is 24.0 Å². The van der Waals surface area contributed by atoms with Crippen molar-refractivity contribution in [3.8, 4) is 0 Å². The molecule has 2 N–H and O–H groups in total. The normalized spacial score (nSPS) is 20.1. The maximum absolute atomic E-state index is 13.0. The lowest BCUT2D eigenvalue weighted by atomic mass is 10.4. The SMILES string of the molecule is CCOOn1c(=O)/c(=C2\SCC(=O)N2CC(=O)O)s/c1=C1\SC(=S)N(CC(=O)O)C1=O. The molecule has 0 radical (unpaired) electrons. The summed E-state index contributed by atoms with van der Waals surface area (Å²) < 4.78 is 0.626. The Balaban J connectivity index is 2.25. The molecule has 12 nitrogen and oxygen atoms in total. The summed E-state index contributed by atoms with van der Waals surface area (Å²) >= 11 is 7.62. The molecule has 0 bridgehead atoms. The summed E-state index contributed by atoms with van der Waals surface area (Å²) in [5.41, 5.74) is -0.774. The Bertz CT molecular complexity index is 1170. The predicted molar refractivity (Wildman–Crippen MR) is 114 cm³/mol. The van der Waals surface area contributed by atoms with Crippen molar-refractivity contribution in [3.05, 3.63) is 19.5 Å². The summed E-state index contributed by atoms with van der Waals surface area (Å²) in [6.07, 6.45) is 0. The number of thioether (sulfide) groups is 2. The molecule has 0 atom stereocenters. The number of thiazole rings is 1. The molecule has 1 aromatic heterocycles. The first-order valence-electron chi connectivity index (χ1n) is 8.36. The molecule has 2 amide bonds. The van der Waals surface area contributed by atoms with Gasteiger partial charge in [-0.25, -0.2) is 4.99 Å². The van der Waals surface area contributed by atoms with Gasteiger partial charge in [-0.1, -0.05) is 40.5 Å². The van der Waals surface area contributed by atoms with E-state index in [0.29, 0.717) is 4.73 Å². The highest BCUT2D eigenvalue weighted by atomic mass is 32.2. The molecule has 1 aromatic rings. The minimum absolute atomic E-state index is 0.0154. The van der Waals surface area contributed by atoms with Crippen LogP contribution in [-0.4, -0.2) is 78.3 Å². The van der Waals surface area contributed by atoms with E-state index in [-0.39, 0.29) is 35.8 Å². The molecule has 3 heterocycles. The van der Waals surface area contributed by atoms with E-state index < -0.39 is 42.4 Å². The Kier molecular flexibility index (Phi) is 7.05. The molecule has 0 aliphatic carbocycles. The number of nitrogens with zero attached hydrogens (tertiary/aromatic N) is 3. The van der Waals surface area contributed by atoms with E-state index in [0.717, 1.165) is 44.7 Å². The van der Waals surface area contributed by atoms with Crippen molar-refractivity contribution < 1.29 is 39.3 Å². The molecule has 3 rings (SSSR count). The average Bonchev–Trinajstić information content (AvgIpc) is 3.29. The molecule has 2 aliphatic rings. The maximum Gasteiger partial charge on any atom is 0.323 e. The van der Waals surface area contributed by atoms with Gasteiger partial charge < -0.3 is 10.2 Å². The van der Waals surface area contributed by atoms with Gasteiger partial charge >= 0.3 is 17.5 Å². The van der Waals surface area contributed by atoms with Crippen LogP contribution in [0.3, 0.4) is 0 Å². The van der Waals surface area contributed by atoms with Crippen molar-refractivity contribution in [2.45, 2.75) is 6.92 Å². The molecular weight excluding hydrogens is 494 g/mol. The number of carbonyl (C=O) groups excluding carboxylic acids is 2. The Morgan fingerprint density at radius 3 is 2.39 bits per heavy atom. The van der Waals surface area contributed by atoms with Gasteiger partial charge in [-0.05, 0) is 6.92 Å². The van der Waals surface area contributed by atoms with Crippen LogP contribution in [0.4, 0.5) is 0 Å². The number of carboxylic acids is 2. The van der Waals surface area contributed by atoms with Gasteiger partial charge in [0.2, 0.25) is 5.91 Å². The zero-order valence-corrected chi connectivity index (χ0v) is 18.8. The fourth-order valence-electron chi connectivity index (χ4n) is 2.49. The largest absolute Gasteiger partial charge is 0.480 e. The summed E-state index contributed by atoms with van der Waals surface area (Å²) in [6.45, 7) is 0.364. The molecular formula is C15H13N3O9S4. The van der Waals surface area contributed by atoms with Gasteiger partial charge in [0.25, 0.3) is 5.91 Å². The number of rotatable bonds is 7. The summed E-state index contributed by atoms with van der Waals surface area (Å²) in [6, 6.07) is 0. The highest BCUT2D eigenvalue weighted by molar-refractivity contribution is 8.30. The maximum atomic E-state index is 13.0. The number of thiocarbonyl (C=S) groups is 1. The number of aliphatic carboxylic acids is 2. The lowest BCUT2D eigenvalue weighted by Crippen LogP contribution is -2.40. The van der Waals surface area contributed by atoms with Crippen molar-refractivity contribution in [1.29, 1.82) is 0 Å². The van der Waals surface area contributed by atoms with Gasteiger partial charge in [-0.15, -0.1) is 11.3 Å². The van der Waals surface area contributed by atoms with Crippen LogP contribution in [0.25, 0.3) is 9.93 Å². The number of amides is 2. The summed E-state index contributed by atoms with van der Waals surface area (Å²) in [5.74, 6) is -3.81. The fraction of sp³-hybridized carbons (Fsp3) is 0.333. The van der Waals surface area contributed by atoms with Crippen molar-refractivity contribution in [2.75, 3.05) is 25.4 Å². The smallest absolute Gasteiger partial charge is 0.323 e. The molecule has 31 heavy (non-hydrogen) atoms. The van der Waals surface area contributed by atoms with E-state index in [1.54, 1.807) is 6.92 Å². The van der Waals surface area contributed by atoms with Gasteiger partial charge in [0.05, 0.1) is 12.4 Å². The third kappa shape index (κ3) is 4.62. The summed E-state index contributed by atoms with van der Waals surface area (Å²) in [4.78, 5) is 71.6. The monoisotopic (exact) mass is 507 g/mol. The Morgan fingerprint density at radius 2 is 1.77 bits per heavy atom. The third-order valence-corrected chi connectivity index (χ3v) is 7.63. The third-order valence-electron chi connectivity index (χ3n) is 3.71. The predicted octanol–water partition coefficient (Wildman–Crippen LogP) is -1.93. The van der Waals surface area contributed by atoms with Crippen molar-refractivity contribution in [3.63, 3.8) is 0 Å². The number of carboxylic acid groups (broad SMARTS) is 2. The first-order valence-corrected chi connectivity index (χ1v) is 11.4. The van der Waals surface area contributed by atoms with Crippen LogP contribution in [0, 0.1) is 0 Å². The lowest BCUT2D eigenvalue weighted by molar-refractivity contribution is -0.293. The van der Waals surface area contributed by atoms with Crippen molar-refractivity contribution in [1.82, 2.24) is 14.5 Å². The number of aromatic nitrogens is 1. The average molecular weight is 508 g/mol. The minimum Gasteiger partial charge on any atom is -0.480 e. The van der Waals surface area contributed by atoms with Crippen LogP contribution in [0.5, 0.6) is 0 Å². The van der Waals surface area contributed by atoms with Gasteiger partial charge in [-0.2, -0.15) is 4.89 Å². The first-order chi connectivity index (χ1) is 14.6. The van der Waals surface area contributed by atoms with Gasteiger partial charge in [0.1, 0.15) is 31.9 Å². The van der Waals surface area contributed by atoms with Crippen LogP contribution in [0.1, 0.15) is 6.92 Å². The Hall–Kier alpha value is -2.40. The van der Waals surface area contributed by atoms with Gasteiger partial charge in [-0.3, -0.25) is 33.8 Å². The van der Waals surface area contributed by atoms with Crippen LogP contribution < -0.4 is 19.7 Å². The van der Waals surface area contributed by atoms with E-state index in [1.807, 2.05) is 0 Å². The van der Waals surface area contributed by atoms with Crippen molar-refractivity contribution in [2.24, 2.45) is 0 Å². The topological polar surface area (TPSA) is 156 Å². The van der Waals surface area contributed by atoms with Crippen LogP contribution in [-0.2, 0) is 24.1 Å². The van der Waals surface area contributed by atoms with E-state index in [1.165, 1.54) is 0 Å².